The number of H-pyrrole nitrogens is 1. The van der Waals surface area contributed by atoms with Crippen LogP contribution in [0.5, 0.6) is 0 Å². The summed E-state index contributed by atoms with van der Waals surface area (Å²) in [5.41, 5.74) is -3.44. The number of halogens is 1. The highest BCUT2D eigenvalue weighted by Crippen LogP contribution is 2.38. The molecule has 0 aliphatic heterocycles. The standard InChI is InChI=1S/C10H13IN2O6/c11-4-2-13(9(18)12-8(4)17)7-5(15)1-6(16)10(7,19)3-14/h2,5-7,14-16,19H,1,3H2,(H,12,17,18). The fourth-order valence-electron chi connectivity index (χ4n) is 2.38. The number of rotatable bonds is 2. The Labute approximate surface area is 120 Å². The van der Waals surface area contributed by atoms with Crippen molar-refractivity contribution in [2.24, 2.45) is 0 Å². The first-order valence-electron chi connectivity index (χ1n) is 5.51. The molecular weight excluding hydrogens is 371 g/mol. The van der Waals surface area contributed by atoms with Crippen LogP contribution < -0.4 is 11.2 Å². The largest absolute Gasteiger partial charge is 0.393 e. The predicted octanol–water partition coefficient (Wildman–Crippen LogP) is -2.47. The third-order valence-corrected chi connectivity index (χ3v) is 4.16. The summed E-state index contributed by atoms with van der Waals surface area (Å²) in [6.07, 6.45) is -1.58. The molecule has 2 rings (SSSR count). The van der Waals surface area contributed by atoms with E-state index in [0.29, 0.717) is 0 Å². The molecule has 1 aromatic heterocycles. The molecule has 5 N–H and O–H groups in total. The third kappa shape index (κ3) is 2.25. The lowest BCUT2D eigenvalue weighted by atomic mass is 9.96. The van der Waals surface area contributed by atoms with E-state index in [1.54, 1.807) is 22.6 Å². The number of aliphatic hydroxyl groups excluding tert-OH is 3. The summed E-state index contributed by atoms with van der Waals surface area (Å²) in [7, 11) is 0. The fraction of sp³-hybridized carbons (Fsp3) is 0.600. The molecule has 4 atom stereocenters. The van der Waals surface area contributed by atoms with Gasteiger partial charge in [-0.15, -0.1) is 0 Å². The fourth-order valence-corrected chi connectivity index (χ4v) is 2.82. The zero-order valence-corrected chi connectivity index (χ0v) is 11.8. The SMILES string of the molecule is O=c1[nH]c(=O)n(C2C(O)CC(O)C2(O)CO)cc1I. The van der Waals surface area contributed by atoms with Crippen molar-refractivity contribution in [3.63, 3.8) is 0 Å². The Hall–Kier alpha value is -0.750. The molecule has 1 aliphatic rings. The molecule has 0 amide bonds. The maximum Gasteiger partial charge on any atom is 0.328 e. The number of aromatic amines is 1. The first-order chi connectivity index (χ1) is 8.81. The highest BCUT2D eigenvalue weighted by molar-refractivity contribution is 14.1. The van der Waals surface area contributed by atoms with Gasteiger partial charge >= 0.3 is 5.69 Å². The number of nitrogens with one attached hydrogen (secondary N) is 1. The normalized spacial score (nSPS) is 34.7. The molecule has 1 heterocycles. The van der Waals surface area contributed by atoms with Gasteiger partial charge in [-0.1, -0.05) is 0 Å². The van der Waals surface area contributed by atoms with E-state index in [4.69, 9.17) is 0 Å². The van der Waals surface area contributed by atoms with Crippen molar-refractivity contribution in [2.45, 2.75) is 30.3 Å². The molecule has 4 unspecified atom stereocenters. The monoisotopic (exact) mass is 384 g/mol. The lowest BCUT2D eigenvalue weighted by molar-refractivity contribution is -0.113. The molecule has 19 heavy (non-hydrogen) atoms. The molecule has 1 saturated carbocycles. The first-order valence-corrected chi connectivity index (χ1v) is 6.59. The van der Waals surface area contributed by atoms with Crippen molar-refractivity contribution < 1.29 is 20.4 Å². The van der Waals surface area contributed by atoms with E-state index < -0.39 is 41.7 Å². The number of aromatic nitrogens is 2. The highest BCUT2D eigenvalue weighted by Gasteiger charge is 2.54. The molecule has 0 radical (unpaired) electrons. The summed E-state index contributed by atoms with van der Waals surface area (Å²) in [6.45, 7) is -0.821. The number of hydrogen-bond acceptors (Lipinski definition) is 6. The number of aliphatic hydroxyl groups is 4. The summed E-state index contributed by atoms with van der Waals surface area (Å²) in [4.78, 5) is 25.1. The average Bonchev–Trinajstić information content (AvgIpc) is 2.56. The minimum Gasteiger partial charge on any atom is -0.393 e. The van der Waals surface area contributed by atoms with Gasteiger partial charge in [0.05, 0.1) is 28.4 Å². The third-order valence-electron chi connectivity index (χ3n) is 3.40. The van der Waals surface area contributed by atoms with Gasteiger partial charge in [-0.05, 0) is 22.6 Å². The first kappa shape index (κ1) is 14.7. The van der Waals surface area contributed by atoms with Crippen LogP contribution in [0.4, 0.5) is 0 Å². The van der Waals surface area contributed by atoms with Crippen LogP contribution in [0, 0.1) is 3.57 Å². The van der Waals surface area contributed by atoms with Gasteiger partial charge in [-0.3, -0.25) is 14.3 Å². The molecule has 1 aromatic rings. The van der Waals surface area contributed by atoms with Crippen LogP contribution in [0.1, 0.15) is 12.5 Å². The van der Waals surface area contributed by atoms with Gasteiger partial charge in [0, 0.05) is 12.6 Å². The highest BCUT2D eigenvalue weighted by atomic mass is 127. The molecule has 0 saturated heterocycles. The second kappa shape index (κ2) is 4.98. The summed E-state index contributed by atoms with van der Waals surface area (Å²) in [6, 6.07) is -1.23. The van der Waals surface area contributed by atoms with Crippen molar-refractivity contribution >= 4 is 22.6 Å². The molecule has 1 aliphatic carbocycles. The molecule has 0 bridgehead atoms. The Kier molecular flexibility index (Phi) is 3.84. The molecule has 1 fully saturated rings. The predicted molar refractivity (Wildman–Crippen MR) is 71.7 cm³/mol. The van der Waals surface area contributed by atoms with Crippen LogP contribution in [-0.2, 0) is 0 Å². The lowest BCUT2D eigenvalue weighted by Crippen LogP contribution is -2.51. The van der Waals surface area contributed by atoms with Crippen LogP contribution in [0.3, 0.4) is 0 Å². The average molecular weight is 384 g/mol. The van der Waals surface area contributed by atoms with Gasteiger partial charge in [0.15, 0.2) is 0 Å². The zero-order valence-electron chi connectivity index (χ0n) is 9.65. The van der Waals surface area contributed by atoms with Crippen molar-refractivity contribution in [1.29, 1.82) is 0 Å². The van der Waals surface area contributed by atoms with E-state index in [-0.39, 0.29) is 9.99 Å². The quantitative estimate of drug-likeness (QED) is 0.359. The van der Waals surface area contributed by atoms with Gasteiger partial charge in [-0.25, -0.2) is 4.79 Å². The Morgan fingerprint density at radius 2 is 2.11 bits per heavy atom. The Bertz CT molecular complexity index is 598. The van der Waals surface area contributed by atoms with Crippen LogP contribution in [0.15, 0.2) is 15.8 Å². The van der Waals surface area contributed by atoms with Gasteiger partial charge < -0.3 is 20.4 Å². The lowest BCUT2D eigenvalue weighted by Gasteiger charge is -2.32. The summed E-state index contributed by atoms with van der Waals surface area (Å²) < 4.78 is 1.12. The minimum absolute atomic E-state index is 0.177. The molecule has 9 heteroatoms. The van der Waals surface area contributed by atoms with E-state index in [0.717, 1.165) is 4.57 Å². The van der Waals surface area contributed by atoms with E-state index in [9.17, 15) is 30.0 Å². The van der Waals surface area contributed by atoms with Gasteiger partial charge in [0.1, 0.15) is 5.60 Å². The van der Waals surface area contributed by atoms with E-state index in [1.165, 1.54) is 6.20 Å². The van der Waals surface area contributed by atoms with E-state index in [1.807, 2.05) is 4.98 Å². The van der Waals surface area contributed by atoms with E-state index >= 15 is 0 Å². The maximum absolute atomic E-state index is 11.8. The molecule has 0 aromatic carbocycles. The topological polar surface area (TPSA) is 136 Å². The van der Waals surface area contributed by atoms with E-state index in [2.05, 4.69) is 0 Å². The second-order valence-corrected chi connectivity index (χ2v) is 5.72. The summed E-state index contributed by atoms with van der Waals surface area (Å²) in [5.74, 6) is 0. The Morgan fingerprint density at radius 3 is 2.68 bits per heavy atom. The zero-order chi connectivity index (χ0) is 14.4. The molecule has 0 spiro atoms. The summed E-state index contributed by atoms with van der Waals surface area (Å²) in [5, 5.41) is 39.1. The van der Waals surface area contributed by atoms with Crippen LogP contribution in [-0.4, -0.2) is 54.4 Å². The van der Waals surface area contributed by atoms with Crippen LogP contribution in [0.2, 0.25) is 0 Å². The Morgan fingerprint density at radius 1 is 1.47 bits per heavy atom. The van der Waals surface area contributed by atoms with Crippen molar-refractivity contribution in [1.82, 2.24) is 9.55 Å². The molecule has 8 nitrogen and oxygen atoms in total. The second-order valence-electron chi connectivity index (χ2n) is 4.56. The van der Waals surface area contributed by atoms with Gasteiger partial charge in [0.25, 0.3) is 5.56 Å². The molecular formula is C10H13IN2O6. The van der Waals surface area contributed by atoms with Gasteiger partial charge in [-0.2, -0.15) is 0 Å². The van der Waals surface area contributed by atoms with Crippen LogP contribution >= 0.6 is 22.6 Å². The van der Waals surface area contributed by atoms with Crippen LogP contribution in [0.25, 0.3) is 0 Å². The number of hydrogen-bond donors (Lipinski definition) is 5. The minimum atomic E-state index is -2.04. The Balaban J connectivity index is 2.60. The maximum atomic E-state index is 11.8. The smallest absolute Gasteiger partial charge is 0.328 e. The van der Waals surface area contributed by atoms with Crippen molar-refractivity contribution in [3.05, 3.63) is 30.6 Å². The summed E-state index contributed by atoms with van der Waals surface area (Å²) >= 11 is 1.70. The van der Waals surface area contributed by atoms with Gasteiger partial charge in [0.2, 0.25) is 0 Å². The number of nitrogens with zero attached hydrogens (tertiary/aromatic N) is 1. The van der Waals surface area contributed by atoms with Crippen molar-refractivity contribution in [2.75, 3.05) is 6.61 Å². The molecule has 106 valence electrons. The van der Waals surface area contributed by atoms with Crippen molar-refractivity contribution in [3.8, 4) is 0 Å².